The number of quaternary nitrogens is 1. The molecule has 1 aliphatic carbocycles. The third-order valence-electron chi connectivity index (χ3n) is 2.54. The lowest BCUT2D eigenvalue weighted by molar-refractivity contribution is -0.694. The molecule has 1 aliphatic rings. The van der Waals surface area contributed by atoms with Gasteiger partial charge in [-0.15, -0.1) is 0 Å². The molecule has 1 aromatic carbocycles. The highest BCUT2D eigenvalue weighted by molar-refractivity contribution is 5.95. The molecule has 0 aromatic heterocycles. The second-order valence-corrected chi connectivity index (χ2v) is 3.93. The number of nitrogen functional groups attached to an aromatic ring is 1. The van der Waals surface area contributed by atoms with Crippen LogP contribution in [0, 0.1) is 5.21 Å². The molecule has 1 unspecified atom stereocenters. The number of carbonyl (C=O) groups is 1. The smallest absolute Gasteiger partial charge is 0.350 e. The van der Waals surface area contributed by atoms with Crippen molar-refractivity contribution in [3.63, 3.8) is 0 Å². The SMILES string of the molecule is C=C[NH+]([O-])C(=O)c1cccc(OC2CC2)c1N. The van der Waals surface area contributed by atoms with Crippen molar-refractivity contribution in [1.82, 2.24) is 0 Å². The van der Waals surface area contributed by atoms with Crippen LogP contribution in [-0.2, 0) is 0 Å². The highest BCUT2D eigenvalue weighted by Crippen LogP contribution is 2.32. The quantitative estimate of drug-likeness (QED) is 0.586. The lowest BCUT2D eigenvalue weighted by Crippen LogP contribution is -3.05. The average Bonchev–Trinajstić information content (AvgIpc) is 3.14. The molecule has 0 aliphatic heterocycles. The molecular weight excluding hydrogens is 220 g/mol. The van der Waals surface area contributed by atoms with E-state index in [4.69, 9.17) is 10.5 Å². The van der Waals surface area contributed by atoms with E-state index in [1.54, 1.807) is 12.1 Å². The number of para-hydroxylation sites is 1. The summed E-state index contributed by atoms with van der Waals surface area (Å²) < 4.78 is 5.55. The first kappa shape index (κ1) is 11.6. The van der Waals surface area contributed by atoms with Gasteiger partial charge in [-0.05, 0) is 31.6 Å². The van der Waals surface area contributed by atoms with E-state index in [9.17, 15) is 10.0 Å². The summed E-state index contributed by atoms with van der Waals surface area (Å²) in [7, 11) is 0. The Bertz CT molecular complexity index is 455. The molecule has 17 heavy (non-hydrogen) atoms. The zero-order valence-corrected chi connectivity index (χ0v) is 9.31. The molecule has 1 atom stereocenters. The average molecular weight is 234 g/mol. The Morgan fingerprint density at radius 2 is 2.29 bits per heavy atom. The zero-order valence-electron chi connectivity index (χ0n) is 9.31. The van der Waals surface area contributed by atoms with E-state index < -0.39 is 11.0 Å². The van der Waals surface area contributed by atoms with Crippen LogP contribution in [0.2, 0.25) is 0 Å². The van der Waals surface area contributed by atoms with Gasteiger partial charge >= 0.3 is 5.91 Å². The van der Waals surface area contributed by atoms with Crippen molar-refractivity contribution < 1.29 is 14.6 Å². The summed E-state index contributed by atoms with van der Waals surface area (Å²) in [5.41, 5.74) is 6.22. The van der Waals surface area contributed by atoms with Gasteiger partial charge in [-0.1, -0.05) is 6.07 Å². The molecule has 0 bridgehead atoms. The summed E-state index contributed by atoms with van der Waals surface area (Å²) in [6.45, 7) is 3.28. The number of hydrogen-bond donors (Lipinski definition) is 2. The molecule has 1 fully saturated rings. The fourth-order valence-corrected chi connectivity index (χ4v) is 1.44. The number of benzene rings is 1. The van der Waals surface area contributed by atoms with Crippen molar-refractivity contribution in [2.45, 2.75) is 18.9 Å². The number of nitrogens with one attached hydrogen (secondary N) is 1. The largest absolute Gasteiger partial charge is 0.621 e. The standard InChI is InChI=1S/C12H14N2O3/c1-2-14(16)12(15)9-4-3-5-10(11(9)13)17-8-6-7-8/h2-5,8,14H,1,6-7,13H2. The van der Waals surface area contributed by atoms with Crippen molar-refractivity contribution >= 4 is 11.6 Å². The van der Waals surface area contributed by atoms with Gasteiger partial charge in [0.2, 0.25) is 0 Å². The van der Waals surface area contributed by atoms with Gasteiger partial charge in [0, 0.05) is 0 Å². The fourth-order valence-electron chi connectivity index (χ4n) is 1.44. The summed E-state index contributed by atoms with van der Waals surface area (Å²) in [6.07, 6.45) is 3.18. The minimum atomic E-state index is -0.666. The third-order valence-corrected chi connectivity index (χ3v) is 2.54. The maximum absolute atomic E-state index is 11.7. The topological polar surface area (TPSA) is 79.8 Å². The Balaban J connectivity index is 2.27. The fraction of sp³-hybridized carbons (Fsp3) is 0.250. The second-order valence-electron chi connectivity index (χ2n) is 3.93. The number of amides is 1. The molecule has 0 heterocycles. The molecule has 5 nitrogen and oxygen atoms in total. The minimum Gasteiger partial charge on any atom is -0.621 e. The molecule has 0 radical (unpaired) electrons. The van der Waals surface area contributed by atoms with E-state index in [2.05, 4.69) is 6.58 Å². The van der Waals surface area contributed by atoms with Gasteiger partial charge < -0.3 is 15.7 Å². The molecule has 90 valence electrons. The van der Waals surface area contributed by atoms with Gasteiger partial charge in [-0.25, -0.2) is 4.79 Å². The number of hydrogen-bond acceptors (Lipinski definition) is 4. The van der Waals surface area contributed by atoms with Gasteiger partial charge in [0.1, 0.15) is 11.3 Å². The van der Waals surface area contributed by atoms with Crippen LogP contribution in [-0.4, -0.2) is 12.0 Å². The Morgan fingerprint density at radius 1 is 1.59 bits per heavy atom. The van der Waals surface area contributed by atoms with Crippen molar-refractivity contribution in [3.8, 4) is 5.75 Å². The third kappa shape index (κ3) is 2.46. The first-order valence-electron chi connectivity index (χ1n) is 5.39. The summed E-state index contributed by atoms with van der Waals surface area (Å²) in [4.78, 5) is 11.7. The van der Waals surface area contributed by atoms with Gasteiger partial charge in [-0.3, -0.25) is 5.06 Å². The summed E-state index contributed by atoms with van der Waals surface area (Å²) in [5.74, 6) is -0.186. The van der Waals surface area contributed by atoms with Crippen LogP contribution in [0.4, 0.5) is 5.69 Å². The monoisotopic (exact) mass is 234 g/mol. The molecule has 1 amide bonds. The normalized spacial score (nSPS) is 16.3. The van der Waals surface area contributed by atoms with Gasteiger partial charge in [-0.2, -0.15) is 0 Å². The van der Waals surface area contributed by atoms with E-state index in [1.807, 2.05) is 0 Å². The number of carbonyl (C=O) groups excluding carboxylic acids is 1. The minimum absolute atomic E-state index is 0.174. The Hall–Kier alpha value is -1.85. The number of hydroxylamine groups is 2. The molecule has 5 heteroatoms. The Kier molecular flexibility index (Phi) is 3.12. The van der Waals surface area contributed by atoms with Crippen molar-refractivity contribution in [1.29, 1.82) is 0 Å². The van der Waals surface area contributed by atoms with Crippen LogP contribution in [0.3, 0.4) is 0 Å². The Morgan fingerprint density at radius 3 is 2.88 bits per heavy atom. The predicted octanol–water partition coefficient (Wildman–Crippen LogP) is 0.476. The number of rotatable bonds is 4. The molecule has 3 N–H and O–H groups in total. The first-order chi connectivity index (χ1) is 8.13. The number of anilines is 1. The molecule has 0 saturated heterocycles. The van der Waals surface area contributed by atoms with Crippen LogP contribution in [0.25, 0.3) is 0 Å². The summed E-state index contributed by atoms with van der Waals surface area (Å²) in [6, 6.07) is 4.86. The lowest BCUT2D eigenvalue weighted by atomic mass is 10.1. The maximum Gasteiger partial charge on any atom is 0.350 e. The van der Waals surface area contributed by atoms with Crippen molar-refractivity contribution in [2.75, 3.05) is 5.73 Å². The Labute approximate surface area is 99.0 Å². The molecule has 2 rings (SSSR count). The second kappa shape index (κ2) is 4.57. The van der Waals surface area contributed by atoms with Gasteiger partial charge in [0.25, 0.3) is 0 Å². The van der Waals surface area contributed by atoms with E-state index in [0.29, 0.717) is 5.75 Å². The zero-order chi connectivity index (χ0) is 12.4. The summed E-state index contributed by atoms with van der Waals surface area (Å²) >= 11 is 0. The summed E-state index contributed by atoms with van der Waals surface area (Å²) in [5, 5.41) is 10.6. The van der Waals surface area contributed by atoms with E-state index in [1.165, 1.54) is 6.07 Å². The molecule has 1 aromatic rings. The molecular formula is C12H14N2O3. The van der Waals surface area contributed by atoms with Crippen molar-refractivity contribution in [2.24, 2.45) is 0 Å². The van der Waals surface area contributed by atoms with Crippen LogP contribution in [0.5, 0.6) is 5.75 Å². The van der Waals surface area contributed by atoms with E-state index in [-0.39, 0.29) is 17.4 Å². The number of ether oxygens (including phenoxy) is 1. The predicted molar refractivity (Wildman–Crippen MR) is 63.4 cm³/mol. The first-order valence-corrected chi connectivity index (χ1v) is 5.39. The van der Waals surface area contributed by atoms with Crippen molar-refractivity contribution in [3.05, 3.63) is 41.7 Å². The van der Waals surface area contributed by atoms with Gasteiger partial charge in [0.05, 0.1) is 18.0 Å². The van der Waals surface area contributed by atoms with E-state index in [0.717, 1.165) is 19.0 Å². The van der Waals surface area contributed by atoms with Gasteiger partial charge in [0.15, 0.2) is 0 Å². The van der Waals surface area contributed by atoms with Crippen LogP contribution < -0.4 is 15.5 Å². The lowest BCUT2D eigenvalue weighted by Gasteiger charge is -2.16. The van der Waals surface area contributed by atoms with Crippen LogP contribution in [0.1, 0.15) is 23.2 Å². The van der Waals surface area contributed by atoms with Crippen LogP contribution >= 0.6 is 0 Å². The molecule has 1 saturated carbocycles. The van der Waals surface area contributed by atoms with Crippen LogP contribution in [0.15, 0.2) is 31.0 Å². The highest BCUT2D eigenvalue weighted by atomic mass is 16.5. The molecule has 0 spiro atoms. The maximum atomic E-state index is 11.7. The van der Waals surface area contributed by atoms with E-state index >= 15 is 0 Å². The highest BCUT2D eigenvalue weighted by Gasteiger charge is 2.26. The number of nitrogens with two attached hydrogens (primary N) is 1.